The van der Waals surface area contributed by atoms with Crippen LogP contribution >= 0.6 is 11.6 Å². The molecule has 0 spiro atoms. The second kappa shape index (κ2) is 7.77. The second-order valence-corrected chi connectivity index (χ2v) is 5.73. The molecule has 2 heterocycles. The highest BCUT2D eigenvalue weighted by molar-refractivity contribution is 6.29. The Morgan fingerprint density at radius 3 is 2.81 bits per heavy atom. The number of rotatable bonds is 5. The van der Waals surface area contributed by atoms with Crippen molar-refractivity contribution in [3.05, 3.63) is 71.1 Å². The SMILES string of the molecule is O=C(O)c1cc(C2=CC(F)=CC(OC(F)F)C=C2)n(-c2ccnc(Cl)c2)n1. The molecule has 1 N–H and O–H groups in total. The molecule has 0 aromatic carbocycles. The molecule has 10 heteroatoms. The van der Waals surface area contributed by atoms with Crippen molar-refractivity contribution >= 4 is 23.1 Å². The Hall–Kier alpha value is -2.91. The molecular weight excluding hydrogens is 387 g/mol. The number of aromatic nitrogens is 3. The number of carboxylic acid groups (broad SMARTS) is 1. The van der Waals surface area contributed by atoms with Gasteiger partial charge in [0.05, 0.1) is 11.4 Å². The first-order valence-electron chi connectivity index (χ1n) is 7.50. The van der Waals surface area contributed by atoms with E-state index in [0.717, 1.165) is 12.2 Å². The molecule has 1 atom stereocenters. The van der Waals surface area contributed by atoms with Gasteiger partial charge in [-0.25, -0.2) is 18.9 Å². The van der Waals surface area contributed by atoms with Crippen molar-refractivity contribution in [1.82, 2.24) is 14.8 Å². The van der Waals surface area contributed by atoms with Gasteiger partial charge >= 0.3 is 12.6 Å². The molecule has 0 fully saturated rings. The smallest absolute Gasteiger partial charge is 0.356 e. The van der Waals surface area contributed by atoms with E-state index in [4.69, 9.17) is 11.6 Å². The summed E-state index contributed by atoms with van der Waals surface area (Å²) in [4.78, 5) is 15.1. The fourth-order valence-corrected chi connectivity index (χ4v) is 2.60. The highest BCUT2D eigenvalue weighted by Gasteiger charge is 2.20. The van der Waals surface area contributed by atoms with Crippen LogP contribution in [0.25, 0.3) is 11.3 Å². The number of halogens is 4. The predicted octanol–water partition coefficient (Wildman–Crippen LogP) is 4.03. The minimum Gasteiger partial charge on any atom is -0.476 e. The molecule has 0 radical (unpaired) electrons. The molecule has 0 bridgehead atoms. The lowest BCUT2D eigenvalue weighted by atomic mass is 10.1. The third kappa shape index (κ3) is 4.44. The molecule has 1 aliphatic carbocycles. The first-order chi connectivity index (χ1) is 12.8. The van der Waals surface area contributed by atoms with Gasteiger partial charge in [0.1, 0.15) is 17.1 Å². The number of hydrogen-bond donors (Lipinski definition) is 1. The van der Waals surface area contributed by atoms with Crippen LogP contribution in [-0.4, -0.2) is 38.6 Å². The van der Waals surface area contributed by atoms with E-state index in [0.29, 0.717) is 5.69 Å². The van der Waals surface area contributed by atoms with Crippen molar-refractivity contribution in [3.63, 3.8) is 0 Å². The van der Waals surface area contributed by atoms with Crippen molar-refractivity contribution in [1.29, 1.82) is 0 Å². The molecule has 3 rings (SSSR count). The number of carboxylic acids is 1. The molecule has 140 valence electrons. The second-order valence-electron chi connectivity index (χ2n) is 5.34. The number of carbonyl (C=O) groups is 1. The van der Waals surface area contributed by atoms with Crippen LogP contribution in [0.5, 0.6) is 0 Å². The Kier molecular flexibility index (Phi) is 5.43. The zero-order valence-corrected chi connectivity index (χ0v) is 14.1. The van der Waals surface area contributed by atoms with E-state index in [1.54, 1.807) is 0 Å². The molecule has 1 unspecified atom stereocenters. The Balaban J connectivity index is 2.08. The van der Waals surface area contributed by atoms with Crippen LogP contribution in [0.15, 0.2) is 54.5 Å². The third-order valence-electron chi connectivity index (χ3n) is 3.52. The Morgan fingerprint density at radius 1 is 1.37 bits per heavy atom. The molecule has 27 heavy (non-hydrogen) atoms. The Bertz CT molecular complexity index is 969. The van der Waals surface area contributed by atoms with Crippen LogP contribution in [-0.2, 0) is 4.74 Å². The van der Waals surface area contributed by atoms with Gasteiger partial charge in [0.25, 0.3) is 0 Å². The lowest BCUT2D eigenvalue weighted by molar-refractivity contribution is -0.138. The topological polar surface area (TPSA) is 77.2 Å². The lowest BCUT2D eigenvalue weighted by Crippen LogP contribution is -2.11. The van der Waals surface area contributed by atoms with Crippen LogP contribution in [0.1, 0.15) is 16.2 Å². The van der Waals surface area contributed by atoms with Crippen LogP contribution in [0.4, 0.5) is 13.2 Å². The highest BCUT2D eigenvalue weighted by atomic mass is 35.5. The van der Waals surface area contributed by atoms with E-state index >= 15 is 0 Å². The number of nitrogens with zero attached hydrogens (tertiary/aromatic N) is 3. The van der Waals surface area contributed by atoms with E-state index in [-0.39, 0.29) is 22.1 Å². The monoisotopic (exact) mass is 397 g/mol. The van der Waals surface area contributed by atoms with Crippen molar-refractivity contribution in [2.75, 3.05) is 0 Å². The number of alkyl halides is 2. The van der Waals surface area contributed by atoms with Crippen molar-refractivity contribution in [2.45, 2.75) is 12.7 Å². The maximum atomic E-state index is 14.1. The van der Waals surface area contributed by atoms with Gasteiger partial charge in [-0.15, -0.1) is 0 Å². The van der Waals surface area contributed by atoms with Gasteiger partial charge in [0.2, 0.25) is 0 Å². The first-order valence-corrected chi connectivity index (χ1v) is 7.88. The zero-order chi connectivity index (χ0) is 19.6. The summed E-state index contributed by atoms with van der Waals surface area (Å²) in [5.74, 6) is -2.11. The minimum atomic E-state index is -3.08. The predicted molar refractivity (Wildman–Crippen MR) is 90.5 cm³/mol. The molecule has 2 aromatic rings. The molecule has 0 saturated heterocycles. The molecule has 2 aromatic heterocycles. The Labute approximate surface area is 155 Å². The summed E-state index contributed by atoms with van der Waals surface area (Å²) < 4.78 is 44.4. The molecule has 0 aliphatic heterocycles. The third-order valence-corrected chi connectivity index (χ3v) is 3.73. The lowest BCUT2D eigenvalue weighted by Gasteiger charge is -2.08. The number of aromatic carboxylic acids is 1. The number of allylic oxidation sites excluding steroid dienone is 4. The first kappa shape index (κ1) is 18.9. The van der Waals surface area contributed by atoms with Gasteiger partial charge in [-0.3, -0.25) is 0 Å². The van der Waals surface area contributed by atoms with Crippen LogP contribution in [0.2, 0.25) is 5.15 Å². The number of ether oxygens (including phenoxy) is 1. The van der Waals surface area contributed by atoms with E-state index in [1.165, 1.54) is 41.2 Å². The standard InChI is InChI=1S/C17H11ClF3N3O3/c18-15-7-11(3-4-22-15)24-14(8-13(23-24)16(25)26)9-1-2-12(27-17(20)21)6-10(19)5-9/h1-8,12,17H,(H,25,26). The number of pyridine rings is 1. The summed E-state index contributed by atoms with van der Waals surface area (Å²) in [7, 11) is 0. The normalized spacial score (nSPS) is 16.9. The maximum Gasteiger partial charge on any atom is 0.356 e. The average molecular weight is 398 g/mol. The maximum absolute atomic E-state index is 14.1. The summed E-state index contributed by atoms with van der Waals surface area (Å²) in [5, 5.41) is 13.4. The summed E-state index contributed by atoms with van der Waals surface area (Å²) in [6, 6.07) is 4.21. The molecule has 0 saturated carbocycles. The van der Waals surface area contributed by atoms with E-state index < -0.39 is 24.5 Å². The van der Waals surface area contributed by atoms with Gasteiger partial charge in [0.15, 0.2) is 5.69 Å². The Morgan fingerprint density at radius 2 is 2.15 bits per heavy atom. The van der Waals surface area contributed by atoms with Gasteiger partial charge in [0, 0.05) is 17.8 Å². The summed E-state index contributed by atoms with van der Waals surface area (Å²) >= 11 is 5.87. The van der Waals surface area contributed by atoms with Crippen LogP contribution in [0.3, 0.4) is 0 Å². The van der Waals surface area contributed by atoms with Crippen molar-refractivity contribution < 1.29 is 27.8 Å². The van der Waals surface area contributed by atoms with Crippen molar-refractivity contribution in [2.24, 2.45) is 0 Å². The summed E-state index contributed by atoms with van der Waals surface area (Å²) in [6.45, 7) is -3.08. The minimum absolute atomic E-state index is 0.146. The van der Waals surface area contributed by atoms with Crippen LogP contribution in [0, 0.1) is 0 Å². The summed E-state index contributed by atoms with van der Waals surface area (Å²) in [6.07, 6.45) is 4.63. The largest absolute Gasteiger partial charge is 0.476 e. The van der Waals surface area contributed by atoms with Gasteiger partial charge in [-0.1, -0.05) is 23.8 Å². The molecule has 6 nitrogen and oxygen atoms in total. The van der Waals surface area contributed by atoms with E-state index in [1.807, 2.05) is 0 Å². The summed E-state index contributed by atoms with van der Waals surface area (Å²) in [5.41, 5.74) is 0.520. The van der Waals surface area contributed by atoms with E-state index in [9.17, 15) is 23.1 Å². The highest BCUT2D eigenvalue weighted by Crippen LogP contribution is 2.27. The fraction of sp³-hybridized carbons (Fsp3) is 0.118. The zero-order valence-electron chi connectivity index (χ0n) is 13.4. The molecule has 0 amide bonds. The molecular formula is C17H11ClF3N3O3. The fourth-order valence-electron chi connectivity index (χ4n) is 2.43. The average Bonchev–Trinajstić information content (AvgIpc) is 2.95. The van der Waals surface area contributed by atoms with Gasteiger partial charge in [-0.2, -0.15) is 13.9 Å². The van der Waals surface area contributed by atoms with Crippen LogP contribution < -0.4 is 0 Å². The van der Waals surface area contributed by atoms with Gasteiger partial charge < -0.3 is 9.84 Å². The number of hydrogen-bond acceptors (Lipinski definition) is 4. The van der Waals surface area contributed by atoms with Gasteiger partial charge in [-0.05, 0) is 24.3 Å². The van der Waals surface area contributed by atoms with E-state index in [2.05, 4.69) is 14.8 Å². The quantitative estimate of drug-likeness (QED) is 0.771. The molecule has 1 aliphatic rings. The van der Waals surface area contributed by atoms with Crippen molar-refractivity contribution in [3.8, 4) is 5.69 Å².